The summed E-state index contributed by atoms with van der Waals surface area (Å²) in [5, 5.41) is 0.486. The molecule has 136 valence electrons. The highest BCUT2D eigenvalue weighted by Gasteiger charge is 2.17. The van der Waals surface area contributed by atoms with E-state index in [4.69, 9.17) is 4.74 Å². The molecule has 0 saturated carbocycles. The molecule has 2 aromatic heterocycles. The molecule has 0 aliphatic rings. The summed E-state index contributed by atoms with van der Waals surface area (Å²) >= 11 is 3.36. The Hall–Kier alpha value is -2.25. The number of halogens is 1. The summed E-state index contributed by atoms with van der Waals surface area (Å²) in [6.07, 6.45) is 1.43. The first-order valence-corrected chi connectivity index (χ1v) is 9.05. The van der Waals surface area contributed by atoms with Crippen LogP contribution in [0, 0.1) is 13.8 Å². The van der Waals surface area contributed by atoms with Crippen LogP contribution in [-0.2, 0) is 17.8 Å². The molecule has 26 heavy (non-hydrogen) atoms. The molecule has 0 amide bonds. The standard InChI is InChI=1S/C19H20BrN3O3/c1-12-8-15(13(2)23(12)6-7-26-3)18(24)10-22-11-21-17-5-4-14(20)9-16(17)19(22)25/h4-5,8-9,11H,6-7,10H2,1-3H3. The van der Waals surface area contributed by atoms with Crippen LogP contribution in [0.1, 0.15) is 21.7 Å². The van der Waals surface area contributed by atoms with Crippen LogP contribution in [0.2, 0.25) is 0 Å². The van der Waals surface area contributed by atoms with Crippen molar-refractivity contribution in [2.24, 2.45) is 0 Å². The molecule has 3 rings (SSSR count). The van der Waals surface area contributed by atoms with Crippen molar-refractivity contribution in [2.45, 2.75) is 26.9 Å². The third-order valence-corrected chi connectivity index (χ3v) is 4.99. The van der Waals surface area contributed by atoms with Crippen LogP contribution in [0.4, 0.5) is 0 Å². The maximum absolute atomic E-state index is 12.8. The second-order valence-electron chi connectivity index (χ2n) is 6.19. The fourth-order valence-corrected chi connectivity index (χ4v) is 3.45. The van der Waals surface area contributed by atoms with Crippen LogP contribution in [0.25, 0.3) is 10.9 Å². The topological polar surface area (TPSA) is 66.1 Å². The smallest absolute Gasteiger partial charge is 0.261 e. The Morgan fingerprint density at radius 3 is 2.77 bits per heavy atom. The Balaban J connectivity index is 1.92. The molecule has 7 heteroatoms. The average molecular weight is 418 g/mol. The molecule has 0 N–H and O–H groups in total. The summed E-state index contributed by atoms with van der Waals surface area (Å²) in [7, 11) is 1.65. The van der Waals surface area contributed by atoms with Crippen LogP contribution in [0.15, 0.2) is 39.9 Å². The normalized spacial score (nSPS) is 11.2. The van der Waals surface area contributed by atoms with E-state index >= 15 is 0 Å². The minimum absolute atomic E-state index is 0.0388. The number of nitrogens with zero attached hydrogens (tertiary/aromatic N) is 3. The molecule has 0 aliphatic heterocycles. The number of benzene rings is 1. The molecule has 3 aromatic rings. The van der Waals surface area contributed by atoms with Gasteiger partial charge >= 0.3 is 0 Å². The lowest BCUT2D eigenvalue weighted by molar-refractivity contribution is 0.0969. The van der Waals surface area contributed by atoms with Crippen LogP contribution >= 0.6 is 15.9 Å². The van der Waals surface area contributed by atoms with E-state index < -0.39 is 0 Å². The molecule has 0 fully saturated rings. The molecule has 0 aliphatic carbocycles. The van der Waals surface area contributed by atoms with Gasteiger partial charge in [-0.1, -0.05) is 15.9 Å². The number of carbonyl (C=O) groups is 1. The van der Waals surface area contributed by atoms with Gasteiger partial charge in [0.25, 0.3) is 5.56 Å². The van der Waals surface area contributed by atoms with Gasteiger partial charge in [0.2, 0.25) is 0 Å². The molecular weight excluding hydrogens is 398 g/mol. The number of carbonyl (C=O) groups excluding carboxylic acids is 1. The van der Waals surface area contributed by atoms with Crippen LogP contribution in [-0.4, -0.2) is 33.6 Å². The first-order chi connectivity index (χ1) is 12.4. The van der Waals surface area contributed by atoms with Gasteiger partial charge in [-0.25, -0.2) is 4.98 Å². The highest BCUT2D eigenvalue weighted by molar-refractivity contribution is 9.10. The average Bonchev–Trinajstić information content (AvgIpc) is 2.90. The van der Waals surface area contributed by atoms with E-state index in [1.807, 2.05) is 26.0 Å². The van der Waals surface area contributed by atoms with Gasteiger partial charge in [0.05, 0.1) is 30.4 Å². The van der Waals surface area contributed by atoms with Crippen molar-refractivity contribution < 1.29 is 9.53 Å². The van der Waals surface area contributed by atoms with E-state index in [0.29, 0.717) is 29.6 Å². The zero-order chi connectivity index (χ0) is 18.8. The predicted molar refractivity (Wildman–Crippen MR) is 104 cm³/mol. The van der Waals surface area contributed by atoms with E-state index in [-0.39, 0.29) is 17.9 Å². The van der Waals surface area contributed by atoms with Crippen LogP contribution in [0.3, 0.4) is 0 Å². The molecule has 0 radical (unpaired) electrons. The van der Waals surface area contributed by atoms with Crippen molar-refractivity contribution in [2.75, 3.05) is 13.7 Å². The molecule has 0 unspecified atom stereocenters. The van der Waals surface area contributed by atoms with E-state index in [9.17, 15) is 9.59 Å². The van der Waals surface area contributed by atoms with Crippen molar-refractivity contribution in [3.8, 4) is 0 Å². The number of methoxy groups -OCH3 is 1. The van der Waals surface area contributed by atoms with Crippen molar-refractivity contribution in [3.63, 3.8) is 0 Å². The molecule has 6 nitrogen and oxygen atoms in total. The Kier molecular flexibility index (Phi) is 5.38. The Morgan fingerprint density at radius 2 is 2.04 bits per heavy atom. The highest BCUT2D eigenvalue weighted by Crippen LogP contribution is 2.17. The summed E-state index contributed by atoms with van der Waals surface area (Å²) in [6.45, 7) is 5.10. The number of ketones is 1. The van der Waals surface area contributed by atoms with Gasteiger partial charge in [-0.2, -0.15) is 0 Å². The number of Topliss-reactive ketones (excluding diaryl/α,β-unsaturated/α-hetero) is 1. The lowest BCUT2D eigenvalue weighted by Crippen LogP contribution is -2.25. The van der Waals surface area contributed by atoms with E-state index in [0.717, 1.165) is 15.9 Å². The number of aromatic nitrogens is 3. The number of rotatable bonds is 6. The van der Waals surface area contributed by atoms with Gasteiger partial charge in [0.1, 0.15) is 0 Å². The fraction of sp³-hybridized carbons (Fsp3) is 0.316. The van der Waals surface area contributed by atoms with Gasteiger partial charge in [0.15, 0.2) is 5.78 Å². The maximum Gasteiger partial charge on any atom is 0.261 e. The first-order valence-electron chi connectivity index (χ1n) is 8.26. The number of hydrogen-bond donors (Lipinski definition) is 0. The Labute approximate surface area is 159 Å². The van der Waals surface area contributed by atoms with Gasteiger partial charge in [-0.05, 0) is 38.1 Å². The molecule has 0 saturated heterocycles. The van der Waals surface area contributed by atoms with Crippen LogP contribution < -0.4 is 5.56 Å². The van der Waals surface area contributed by atoms with E-state index in [1.54, 1.807) is 19.2 Å². The van der Waals surface area contributed by atoms with Crippen molar-refractivity contribution in [3.05, 3.63) is 62.4 Å². The molecule has 1 aromatic carbocycles. The zero-order valence-corrected chi connectivity index (χ0v) is 16.5. The van der Waals surface area contributed by atoms with Gasteiger partial charge in [0, 0.05) is 35.1 Å². The van der Waals surface area contributed by atoms with E-state index in [1.165, 1.54) is 10.9 Å². The monoisotopic (exact) mass is 417 g/mol. The van der Waals surface area contributed by atoms with Gasteiger partial charge < -0.3 is 9.30 Å². The molecule has 0 atom stereocenters. The third-order valence-electron chi connectivity index (χ3n) is 4.49. The number of ether oxygens (including phenoxy) is 1. The van der Waals surface area contributed by atoms with Crippen molar-refractivity contribution in [1.82, 2.24) is 14.1 Å². The largest absolute Gasteiger partial charge is 0.383 e. The SMILES string of the molecule is COCCn1c(C)cc(C(=O)Cn2cnc3ccc(Br)cc3c2=O)c1C. The second-order valence-corrected chi connectivity index (χ2v) is 7.11. The van der Waals surface area contributed by atoms with Crippen LogP contribution in [0.5, 0.6) is 0 Å². The lowest BCUT2D eigenvalue weighted by atomic mass is 10.1. The Bertz CT molecular complexity index is 1040. The first kappa shape index (κ1) is 18.5. The molecule has 2 heterocycles. The molecular formula is C19H20BrN3O3. The van der Waals surface area contributed by atoms with Gasteiger partial charge in [-0.3, -0.25) is 14.2 Å². The lowest BCUT2D eigenvalue weighted by Gasteiger charge is -2.09. The van der Waals surface area contributed by atoms with Crippen molar-refractivity contribution >= 4 is 32.6 Å². The zero-order valence-electron chi connectivity index (χ0n) is 15.0. The molecule has 0 spiro atoms. The summed E-state index contributed by atoms with van der Waals surface area (Å²) in [5.74, 6) is -0.111. The number of hydrogen-bond acceptors (Lipinski definition) is 4. The summed E-state index contributed by atoms with van der Waals surface area (Å²) in [5.41, 5.74) is 2.89. The summed E-state index contributed by atoms with van der Waals surface area (Å²) in [6, 6.07) is 7.20. The van der Waals surface area contributed by atoms with E-state index in [2.05, 4.69) is 25.5 Å². The minimum atomic E-state index is -0.224. The number of fused-ring (bicyclic) bond motifs is 1. The summed E-state index contributed by atoms with van der Waals surface area (Å²) < 4.78 is 9.34. The van der Waals surface area contributed by atoms with Gasteiger partial charge in [-0.15, -0.1) is 0 Å². The second kappa shape index (κ2) is 7.55. The molecule has 0 bridgehead atoms. The highest BCUT2D eigenvalue weighted by atomic mass is 79.9. The third kappa shape index (κ3) is 3.50. The fourth-order valence-electron chi connectivity index (χ4n) is 3.09. The van der Waals surface area contributed by atoms with Crippen molar-refractivity contribution in [1.29, 1.82) is 0 Å². The quantitative estimate of drug-likeness (QED) is 0.577. The number of aryl methyl sites for hydroxylation is 1. The Morgan fingerprint density at radius 1 is 1.27 bits per heavy atom. The maximum atomic E-state index is 12.8. The predicted octanol–water partition coefficient (Wildman–Crippen LogP) is 3.11. The summed E-state index contributed by atoms with van der Waals surface area (Å²) in [4.78, 5) is 29.7. The minimum Gasteiger partial charge on any atom is -0.383 e.